The molecule has 0 unspecified atom stereocenters. The molecule has 21 heavy (non-hydrogen) atoms. The minimum atomic E-state index is -0.442. The van der Waals surface area contributed by atoms with Gasteiger partial charge in [0.1, 0.15) is 5.82 Å². The molecule has 2 heterocycles. The van der Waals surface area contributed by atoms with Crippen LogP contribution < -0.4 is 5.32 Å². The molecule has 2 rings (SSSR count). The lowest BCUT2D eigenvalue weighted by Crippen LogP contribution is -2.08. The summed E-state index contributed by atoms with van der Waals surface area (Å²) in [6, 6.07) is 4.92. The van der Waals surface area contributed by atoms with Gasteiger partial charge < -0.3 is 5.32 Å². The summed E-state index contributed by atoms with van der Waals surface area (Å²) >= 11 is 0. The van der Waals surface area contributed by atoms with E-state index in [0.717, 1.165) is 18.7 Å². The van der Waals surface area contributed by atoms with E-state index in [1.54, 1.807) is 12.3 Å². The molecule has 0 aliphatic rings. The number of nitrogens with zero attached hydrogens (tertiary/aromatic N) is 4. The smallest absolute Gasteiger partial charge is 0.313 e. The number of anilines is 1. The van der Waals surface area contributed by atoms with E-state index in [1.807, 2.05) is 26.8 Å². The number of nitrogens with one attached hydrogen (secondary N) is 1. The minimum absolute atomic E-state index is 0.0598. The summed E-state index contributed by atoms with van der Waals surface area (Å²) in [6.45, 7) is 6.85. The molecule has 0 spiro atoms. The molecule has 2 aromatic rings. The average Bonchev–Trinajstić information content (AvgIpc) is 2.94. The van der Waals surface area contributed by atoms with E-state index in [9.17, 15) is 10.1 Å². The Labute approximate surface area is 123 Å². The second-order valence-electron chi connectivity index (χ2n) is 5.06. The van der Waals surface area contributed by atoms with E-state index in [4.69, 9.17) is 0 Å². The highest BCUT2D eigenvalue weighted by atomic mass is 16.6. The van der Waals surface area contributed by atoms with Gasteiger partial charge in [-0.25, -0.2) is 9.67 Å². The molecule has 0 bridgehead atoms. The van der Waals surface area contributed by atoms with Gasteiger partial charge in [0, 0.05) is 18.8 Å². The van der Waals surface area contributed by atoms with Crippen molar-refractivity contribution in [2.45, 2.75) is 33.1 Å². The minimum Gasteiger partial charge on any atom is -0.370 e. The van der Waals surface area contributed by atoms with Crippen LogP contribution in [0.2, 0.25) is 0 Å². The first kappa shape index (κ1) is 15.0. The van der Waals surface area contributed by atoms with Gasteiger partial charge in [-0.1, -0.05) is 20.8 Å². The first-order valence-corrected chi connectivity index (χ1v) is 6.98. The molecular formula is C14H19N5O2. The number of aromatic nitrogens is 3. The zero-order valence-corrected chi connectivity index (χ0v) is 12.4. The van der Waals surface area contributed by atoms with Crippen LogP contribution in [0.1, 0.15) is 38.8 Å². The van der Waals surface area contributed by atoms with Crippen molar-refractivity contribution in [2.75, 3.05) is 11.9 Å². The maximum absolute atomic E-state index is 11.2. The molecule has 0 amide bonds. The topological polar surface area (TPSA) is 85.9 Å². The van der Waals surface area contributed by atoms with Crippen LogP contribution in [-0.4, -0.2) is 26.2 Å². The zero-order valence-electron chi connectivity index (χ0n) is 12.4. The Morgan fingerprint density at radius 1 is 1.38 bits per heavy atom. The third kappa shape index (κ3) is 3.36. The molecule has 2 aromatic heterocycles. The molecule has 7 heteroatoms. The van der Waals surface area contributed by atoms with Crippen LogP contribution in [-0.2, 0) is 0 Å². The van der Waals surface area contributed by atoms with E-state index < -0.39 is 4.92 Å². The molecule has 1 N–H and O–H groups in total. The Balaban J connectivity index is 2.44. The van der Waals surface area contributed by atoms with Gasteiger partial charge in [-0.2, -0.15) is 5.10 Å². The van der Waals surface area contributed by atoms with Crippen molar-refractivity contribution in [2.24, 2.45) is 0 Å². The van der Waals surface area contributed by atoms with Crippen molar-refractivity contribution in [1.29, 1.82) is 0 Å². The van der Waals surface area contributed by atoms with Gasteiger partial charge in [-0.05, 0) is 24.5 Å². The Morgan fingerprint density at radius 2 is 2.14 bits per heavy atom. The van der Waals surface area contributed by atoms with E-state index in [1.165, 1.54) is 10.7 Å². The molecule has 0 saturated heterocycles. The van der Waals surface area contributed by atoms with Crippen LogP contribution in [0.5, 0.6) is 0 Å². The summed E-state index contributed by atoms with van der Waals surface area (Å²) in [4.78, 5) is 15.0. The molecule has 0 saturated carbocycles. The van der Waals surface area contributed by atoms with Crippen molar-refractivity contribution < 1.29 is 4.92 Å². The molecular weight excluding hydrogens is 270 g/mol. The summed E-state index contributed by atoms with van der Waals surface area (Å²) < 4.78 is 1.46. The monoisotopic (exact) mass is 289 g/mol. The summed E-state index contributed by atoms with van der Waals surface area (Å²) in [7, 11) is 0. The van der Waals surface area contributed by atoms with Gasteiger partial charge in [-0.3, -0.25) is 10.1 Å². The fourth-order valence-corrected chi connectivity index (χ4v) is 1.87. The summed E-state index contributed by atoms with van der Waals surface area (Å²) in [5, 5.41) is 18.7. The number of pyridine rings is 1. The quantitative estimate of drug-likeness (QED) is 0.652. The number of hydrogen-bond acceptors (Lipinski definition) is 5. The van der Waals surface area contributed by atoms with Crippen LogP contribution in [0.25, 0.3) is 5.82 Å². The van der Waals surface area contributed by atoms with Gasteiger partial charge in [0.15, 0.2) is 0 Å². The van der Waals surface area contributed by atoms with Gasteiger partial charge >= 0.3 is 5.69 Å². The highest BCUT2D eigenvalue weighted by molar-refractivity contribution is 5.53. The van der Waals surface area contributed by atoms with E-state index in [0.29, 0.717) is 5.82 Å². The average molecular weight is 289 g/mol. The maximum atomic E-state index is 11.2. The zero-order chi connectivity index (χ0) is 15.4. The fourth-order valence-electron chi connectivity index (χ4n) is 1.87. The molecule has 0 fully saturated rings. The molecule has 112 valence electrons. The molecule has 0 atom stereocenters. The standard InChI is InChI=1S/C14H19N5O2/c1-4-8-15-13-6-5-12(19(20)21)14(16-13)18-9-7-11(17-18)10(2)3/h5-7,9-10H,4,8H2,1-3H3,(H,15,16). The Kier molecular flexibility index (Phi) is 4.52. The van der Waals surface area contributed by atoms with Crippen LogP contribution in [0, 0.1) is 10.1 Å². The number of rotatable bonds is 6. The third-order valence-corrected chi connectivity index (χ3v) is 3.03. The van der Waals surface area contributed by atoms with Crippen molar-refractivity contribution in [3.05, 3.63) is 40.2 Å². The van der Waals surface area contributed by atoms with Gasteiger partial charge in [0.2, 0.25) is 5.82 Å². The third-order valence-electron chi connectivity index (χ3n) is 3.03. The predicted octanol–water partition coefficient (Wildman–Crippen LogP) is 3.12. The highest BCUT2D eigenvalue weighted by Gasteiger charge is 2.19. The number of nitro groups is 1. The van der Waals surface area contributed by atoms with Crippen molar-refractivity contribution in [3.8, 4) is 5.82 Å². The normalized spacial score (nSPS) is 10.9. The lowest BCUT2D eigenvalue weighted by molar-refractivity contribution is -0.384. The second kappa shape index (κ2) is 6.34. The van der Waals surface area contributed by atoms with Gasteiger partial charge in [0.05, 0.1) is 10.6 Å². The Morgan fingerprint density at radius 3 is 2.71 bits per heavy atom. The van der Waals surface area contributed by atoms with Gasteiger partial charge in [-0.15, -0.1) is 0 Å². The van der Waals surface area contributed by atoms with Crippen LogP contribution in [0.3, 0.4) is 0 Å². The van der Waals surface area contributed by atoms with Crippen molar-refractivity contribution >= 4 is 11.5 Å². The first-order valence-electron chi connectivity index (χ1n) is 6.98. The van der Waals surface area contributed by atoms with Crippen molar-refractivity contribution in [1.82, 2.24) is 14.8 Å². The van der Waals surface area contributed by atoms with E-state index >= 15 is 0 Å². The molecule has 0 aliphatic heterocycles. The highest BCUT2D eigenvalue weighted by Crippen LogP contribution is 2.23. The number of hydrogen-bond donors (Lipinski definition) is 1. The Bertz CT molecular complexity index is 636. The maximum Gasteiger partial charge on any atom is 0.313 e. The second-order valence-corrected chi connectivity index (χ2v) is 5.06. The summed E-state index contributed by atoms with van der Waals surface area (Å²) in [6.07, 6.45) is 2.65. The lowest BCUT2D eigenvalue weighted by atomic mass is 10.1. The summed E-state index contributed by atoms with van der Waals surface area (Å²) in [5.41, 5.74) is 0.813. The summed E-state index contributed by atoms with van der Waals surface area (Å²) in [5.74, 6) is 1.10. The first-order chi connectivity index (χ1) is 10.0. The molecule has 7 nitrogen and oxygen atoms in total. The predicted molar refractivity (Wildman–Crippen MR) is 80.9 cm³/mol. The molecule has 0 aromatic carbocycles. The largest absolute Gasteiger partial charge is 0.370 e. The SMILES string of the molecule is CCCNc1ccc([N+](=O)[O-])c(-n2ccc(C(C)C)n2)n1. The molecule has 0 aliphatic carbocycles. The molecule has 0 radical (unpaired) electrons. The van der Waals surface area contributed by atoms with Crippen LogP contribution in [0.4, 0.5) is 11.5 Å². The van der Waals surface area contributed by atoms with Crippen molar-refractivity contribution in [3.63, 3.8) is 0 Å². The lowest BCUT2D eigenvalue weighted by Gasteiger charge is -2.07. The fraction of sp³-hybridized carbons (Fsp3) is 0.429. The van der Waals surface area contributed by atoms with E-state index in [2.05, 4.69) is 15.4 Å². The van der Waals surface area contributed by atoms with Crippen LogP contribution in [0.15, 0.2) is 24.4 Å². The van der Waals surface area contributed by atoms with Crippen LogP contribution >= 0.6 is 0 Å². The Hall–Kier alpha value is -2.44. The van der Waals surface area contributed by atoms with Gasteiger partial charge in [0.25, 0.3) is 0 Å². The van der Waals surface area contributed by atoms with E-state index in [-0.39, 0.29) is 17.4 Å².